The van der Waals surface area contributed by atoms with Gasteiger partial charge in [-0.15, -0.1) is 0 Å². The zero-order chi connectivity index (χ0) is 25.5. The van der Waals surface area contributed by atoms with Gasteiger partial charge in [-0.3, -0.25) is 0 Å². The van der Waals surface area contributed by atoms with Gasteiger partial charge >= 0.3 is 0 Å². The first-order valence-corrected chi connectivity index (χ1v) is 13.2. The second kappa shape index (κ2) is 7.71. The van der Waals surface area contributed by atoms with Crippen LogP contribution in [0.15, 0.2) is 60.9 Å². The Labute approximate surface area is 219 Å². The SMILES string of the molecule is Cc1nc2c3cnncc3c3cc(-c4ccc5c(c4)CCc4c-5ccc5[nH]c(C(C)C)nc45)ccc3c2[nH]1. The van der Waals surface area contributed by atoms with E-state index in [-0.39, 0.29) is 0 Å². The molecule has 0 atom stereocenters. The summed E-state index contributed by atoms with van der Waals surface area (Å²) < 4.78 is 0. The van der Waals surface area contributed by atoms with Gasteiger partial charge in [-0.1, -0.05) is 50.2 Å². The molecule has 8 rings (SSSR count). The molecule has 3 heterocycles. The number of aryl methyl sites for hydroxylation is 3. The number of fused-ring (bicyclic) bond motifs is 11. The fourth-order valence-electron chi connectivity index (χ4n) is 6.20. The predicted octanol–water partition coefficient (Wildman–Crippen LogP) is 7.40. The molecule has 2 N–H and O–H groups in total. The lowest BCUT2D eigenvalue weighted by molar-refractivity contribution is 0.798. The van der Waals surface area contributed by atoms with Crippen molar-refractivity contribution in [2.75, 3.05) is 0 Å². The van der Waals surface area contributed by atoms with E-state index in [1.807, 2.05) is 19.3 Å². The van der Waals surface area contributed by atoms with Gasteiger partial charge in [0.2, 0.25) is 0 Å². The highest BCUT2D eigenvalue weighted by atomic mass is 15.1. The Bertz CT molecular complexity index is 2080. The van der Waals surface area contributed by atoms with E-state index in [1.165, 1.54) is 33.4 Å². The van der Waals surface area contributed by atoms with Crippen LogP contribution in [0.25, 0.3) is 65.9 Å². The van der Waals surface area contributed by atoms with E-state index in [9.17, 15) is 0 Å². The number of hydrogen-bond acceptors (Lipinski definition) is 4. The van der Waals surface area contributed by atoms with Crippen molar-refractivity contribution in [2.45, 2.75) is 39.5 Å². The predicted molar refractivity (Wildman–Crippen MR) is 153 cm³/mol. The maximum Gasteiger partial charge on any atom is 0.109 e. The summed E-state index contributed by atoms with van der Waals surface area (Å²) in [5, 5.41) is 12.8. The lowest BCUT2D eigenvalue weighted by atomic mass is 9.83. The lowest BCUT2D eigenvalue weighted by Crippen LogP contribution is -2.05. The first kappa shape index (κ1) is 21.5. The van der Waals surface area contributed by atoms with Gasteiger partial charge in [0.15, 0.2) is 0 Å². The fourth-order valence-corrected chi connectivity index (χ4v) is 6.20. The Morgan fingerprint density at radius 1 is 0.711 bits per heavy atom. The molecule has 4 aromatic carbocycles. The van der Waals surface area contributed by atoms with Crippen LogP contribution in [-0.2, 0) is 12.8 Å². The number of rotatable bonds is 2. The Kier molecular flexibility index (Phi) is 4.36. The third-order valence-corrected chi connectivity index (χ3v) is 8.08. The fraction of sp³-hybridized carbons (Fsp3) is 0.188. The van der Waals surface area contributed by atoms with Crippen LogP contribution in [0, 0.1) is 6.92 Å². The smallest absolute Gasteiger partial charge is 0.109 e. The summed E-state index contributed by atoms with van der Waals surface area (Å²) in [5.74, 6) is 2.35. The van der Waals surface area contributed by atoms with Gasteiger partial charge in [0.25, 0.3) is 0 Å². The summed E-state index contributed by atoms with van der Waals surface area (Å²) in [5.41, 5.74) is 12.1. The van der Waals surface area contributed by atoms with E-state index in [0.29, 0.717) is 5.92 Å². The molecular formula is C32H26N6. The largest absolute Gasteiger partial charge is 0.342 e. The number of nitrogens with one attached hydrogen (secondary N) is 2. The number of hydrogen-bond donors (Lipinski definition) is 2. The normalized spacial score (nSPS) is 13.2. The molecule has 0 bridgehead atoms. The van der Waals surface area contributed by atoms with Crippen molar-refractivity contribution in [2.24, 2.45) is 0 Å². The van der Waals surface area contributed by atoms with E-state index in [2.05, 4.69) is 82.5 Å². The minimum absolute atomic E-state index is 0.385. The van der Waals surface area contributed by atoms with E-state index < -0.39 is 0 Å². The van der Waals surface area contributed by atoms with Gasteiger partial charge in [0.1, 0.15) is 11.6 Å². The highest BCUT2D eigenvalue weighted by Gasteiger charge is 2.21. The number of aromatic nitrogens is 6. The maximum absolute atomic E-state index is 4.97. The molecule has 38 heavy (non-hydrogen) atoms. The average Bonchev–Trinajstić information content (AvgIpc) is 3.56. The summed E-state index contributed by atoms with van der Waals surface area (Å²) in [6.45, 7) is 6.36. The number of H-pyrrole nitrogens is 2. The molecule has 1 aliphatic rings. The van der Waals surface area contributed by atoms with E-state index in [0.717, 1.165) is 68.1 Å². The Morgan fingerprint density at radius 2 is 1.50 bits per heavy atom. The van der Waals surface area contributed by atoms with Gasteiger partial charge in [-0.05, 0) is 70.7 Å². The Balaban J connectivity index is 1.28. The molecule has 0 aliphatic heterocycles. The van der Waals surface area contributed by atoms with Crippen molar-refractivity contribution in [3.63, 3.8) is 0 Å². The number of nitrogens with zero attached hydrogens (tertiary/aromatic N) is 4. The molecule has 0 fully saturated rings. The molecule has 0 unspecified atom stereocenters. The van der Waals surface area contributed by atoms with Gasteiger partial charge in [-0.2, -0.15) is 10.2 Å². The number of benzene rings is 4. The Morgan fingerprint density at radius 3 is 2.37 bits per heavy atom. The molecule has 6 nitrogen and oxygen atoms in total. The van der Waals surface area contributed by atoms with Crippen LogP contribution in [0.4, 0.5) is 0 Å². The molecule has 1 aliphatic carbocycles. The van der Waals surface area contributed by atoms with E-state index >= 15 is 0 Å². The molecule has 6 heteroatoms. The summed E-state index contributed by atoms with van der Waals surface area (Å²) in [6, 6.07) is 18.1. The second-order valence-electron chi connectivity index (χ2n) is 10.8. The number of imidazole rings is 2. The summed E-state index contributed by atoms with van der Waals surface area (Å²) in [7, 11) is 0. The highest BCUT2D eigenvalue weighted by Crippen LogP contribution is 2.40. The molecule has 0 spiro atoms. The van der Waals surface area contributed by atoms with Crippen molar-refractivity contribution in [1.29, 1.82) is 0 Å². The van der Waals surface area contributed by atoms with Crippen LogP contribution in [0.2, 0.25) is 0 Å². The van der Waals surface area contributed by atoms with Crippen molar-refractivity contribution >= 4 is 43.6 Å². The lowest BCUT2D eigenvalue weighted by Gasteiger charge is -2.21. The third-order valence-electron chi connectivity index (χ3n) is 8.08. The van der Waals surface area contributed by atoms with Crippen LogP contribution in [0.1, 0.15) is 42.5 Å². The maximum atomic E-state index is 4.97. The summed E-state index contributed by atoms with van der Waals surface area (Å²) in [4.78, 5) is 16.7. The molecular weight excluding hydrogens is 468 g/mol. The van der Waals surface area contributed by atoms with E-state index in [1.54, 1.807) is 0 Å². The summed E-state index contributed by atoms with van der Waals surface area (Å²) >= 11 is 0. The zero-order valence-electron chi connectivity index (χ0n) is 21.6. The van der Waals surface area contributed by atoms with Crippen molar-refractivity contribution in [3.8, 4) is 22.3 Å². The molecule has 3 aromatic heterocycles. The molecule has 0 amide bonds. The quantitative estimate of drug-likeness (QED) is 0.245. The first-order chi connectivity index (χ1) is 18.5. The topological polar surface area (TPSA) is 83.1 Å². The highest BCUT2D eigenvalue weighted by molar-refractivity contribution is 6.23. The Hall–Kier alpha value is -4.58. The minimum Gasteiger partial charge on any atom is -0.342 e. The molecule has 184 valence electrons. The minimum atomic E-state index is 0.385. The monoisotopic (exact) mass is 494 g/mol. The van der Waals surface area contributed by atoms with E-state index in [4.69, 9.17) is 9.97 Å². The molecule has 7 aromatic rings. The van der Waals surface area contributed by atoms with Gasteiger partial charge < -0.3 is 9.97 Å². The van der Waals surface area contributed by atoms with Gasteiger partial charge in [0.05, 0.1) is 34.5 Å². The van der Waals surface area contributed by atoms with Crippen molar-refractivity contribution < 1.29 is 0 Å². The van der Waals surface area contributed by atoms with Crippen molar-refractivity contribution in [1.82, 2.24) is 30.1 Å². The third kappa shape index (κ3) is 3.00. The van der Waals surface area contributed by atoms with Crippen LogP contribution >= 0.6 is 0 Å². The van der Waals surface area contributed by atoms with Crippen LogP contribution in [-0.4, -0.2) is 30.1 Å². The van der Waals surface area contributed by atoms with Gasteiger partial charge in [-0.25, -0.2) is 9.97 Å². The van der Waals surface area contributed by atoms with Crippen LogP contribution in [0.3, 0.4) is 0 Å². The van der Waals surface area contributed by atoms with Crippen molar-refractivity contribution in [3.05, 3.63) is 83.7 Å². The first-order valence-electron chi connectivity index (χ1n) is 13.2. The molecule has 0 saturated heterocycles. The summed E-state index contributed by atoms with van der Waals surface area (Å²) in [6.07, 6.45) is 5.69. The van der Waals surface area contributed by atoms with Crippen LogP contribution in [0.5, 0.6) is 0 Å². The van der Waals surface area contributed by atoms with Gasteiger partial charge in [0, 0.05) is 22.1 Å². The zero-order valence-corrected chi connectivity index (χ0v) is 21.6. The number of aromatic amines is 2. The standard InChI is InChI=1S/C32H26N6/c1-16(2)32-37-28-11-10-22-21-7-4-18(12-20(21)6-9-23(22)29(28)38-32)19-5-8-24-25(13-19)26-14-33-34-15-27(26)31-30(24)35-17(3)36-31/h4-5,7-8,10-16H,6,9H2,1-3H3,(H,35,36)(H,37,38). The molecule has 0 radical (unpaired) electrons. The average molecular weight is 495 g/mol. The van der Waals surface area contributed by atoms with Crippen LogP contribution < -0.4 is 0 Å². The second-order valence-corrected chi connectivity index (χ2v) is 10.8. The molecule has 0 saturated carbocycles.